The maximum atomic E-state index is 14.2. The van der Waals surface area contributed by atoms with Crippen LogP contribution in [0.2, 0.25) is 0 Å². The fourth-order valence-corrected chi connectivity index (χ4v) is 6.21. The summed E-state index contributed by atoms with van der Waals surface area (Å²) < 4.78 is 40.3. The van der Waals surface area contributed by atoms with Gasteiger partial charge in [0, 0.05) is 35.4 Å². The Morgan fingerprint density at radius 2 is 1.44 bits per heavy atom. The van der Waals surface area contributed by atoms with Gasteiger partial charge in [0.1, 0.15) is 28.1 Å². The van der Waals surface area contributed by atoms with Crippen LogP contribution in [0.15, 0.2) is 82.0 Å². The van der Waals surface area contributed by atoms with Gasteiger partial charge in [0.2, 0.25) is 16.9 Å². The summed E-state index contributed by atoms with van der Waals surface area (Å²) in [6.45, 7) is 0.157. The third kappa shape index (κ3) is 6.25. The summed E-state index contributed by atoms with van der Waals surface area (Å²) in [5.41, 5.74) is 1.97. The molecule has 13 heteroatoms. The molecular weight excluding hydrogens is 646 g/mol. The van der Waals surface area contributed by atoms with Gasteiger partial charge in [-0.25, -0.2) is 0 Å². The van der Waals surface area contributed by atoms with E-state index in [1.165, 1.54) is 41.6 Å². The number of nitrogens with zero attached hydrogens (tertiary/aromatic N) is 1. The van der Waals surface area contributed by atoms with Gasteiger partial charge in [-0.1, -0.05) is 24.3 Å². The summed E-state index contributed by atoms with van der Waals surface area (Å²) in [4.78, 5) is 25.4. The van der Waals surface area contributed by atoms with Crippen molar-refractivity contribution in [2.45, 2.75) is 24.9 Å². The molecule has 0 amide bonds. The van der Waals surface area contributed by atoms with Crippen molar-refractivity contribution in [3.8, 4) is 45.8 Å². The van der Waals surface area contributed by atoms with Crippen LogP contribution in [-0.4, -0.2) is 47.1 Å². The molecule has 50 heavy (non-hydrogen) atoms. The molecule has 5 aromatic rings. The molecular formula is C37H37N3O10. The molecule has 1 aliphatic rings. The molecule has 4 aromatic carbocycles. The fourth-order valence-electron chi connectivity index (χ4n) is 6.21. The second kappa shape index (κ2) is 14.2. The van der Waals surface area contributed by atoms with E-state index in [4.69, 9.17) is 32.8 Å². The molecule has 0 atom stereocenters. The zero-order valence-electron chi connectivity index (χ0n) is 28.3. The molecule has 2 N–H and O–H groups in total. The molecule has 0 bridgehead atoms. The van der Waals surface area contributed by atoms with Crippen LogP contribution in [0.3, 0.4) is 0 Å². The third-order valence-corrected chi connectivity index (χ3v) is 8.64. The predicted octanol–water partition coefficient (Wildman–Crippen LogP) is 7.35. The molecule has 0 saturated carbocycles. The highest BCUT2D eigenvalue weighted by Gasteiger charge is 2.38. The average molecular weight is 684 g/mol. The van der Waals surface area contributed by atoms with E-state index >= 15 is 0 Å². The van der Waals surface area contributed by atoms with Gasteiger partial charge in [0.15, 0.2) is 17.3 Å². The van der Waals surface area contributed by atoms with Crippen LogP contribution in [0.1, 0.15) is 24.8 Å². The second-order valence-electron chi connectivity index (χ2n) is 11.5. The van der Waals surface area contributed by atoms with Crippen LogP contribution < -0.4 is 44.5 Å². The minimum atomic E-state index is -0.800. The number of unbranched alkanes of at least 4 members (excludes halogenated alkanes) is 1. The summed E-state index contributed by atoms with van der Waals surface area (Å²) in [5, 5.41) is 18.9. The topological polar surface area (TPSA) is 153 Å². The Hall–Kier alpha value is -6.11. The van der Waals surface area contributed by atoms with Crippen LogP contribution in [0.25, 0.3) is 22.3 Å². The van der Waals surface area contributed by atoms with Crippen molar-refractivity contribution in [2.24, 2.45) is 0 Å². The fraction of sp³-hybridized carbons (Fsp3) is 0.270. The number of rotatable bonds is 14. The quantitative estimate of drug-likeness (QED) is 0.0684. The summed E-state index contributed by atoms with van der Waals surface area (Å²) in [7, 11) is 7.47. The average Bonchev–Trinajstić information content (AvgIpc) is 3.53. The molecule has 260 valence electrons. The highest BCUT2D eigenvalue weighted by Crippen LogP contribution is 2.45. The Morgan fingerprint density at radius 1 is 0.760 bits per heavy atom. The number of hydrogen-bond acceptors (Lipinski definition) is 12. The van der Waals surface area contributed by atoms with Crippen molar-refractivity contribution in [1.82, 2.24) is 0 Å². The first kappa shape index (κ1) is 33.8. The number of anilines is 2. The molecule has 1 aliphatic heterocycles. The van der Waals surface area contributed by atoms with Crippen LogP contribution >= 0.6 is 0 Å². The van der Waals surface area contributed by atoms with E-state index in [-0.39, 0.29) is 40.5 Å². The number of nitrogens with one attached hydrogen (secondary N) is 2. The Morgan fingerprint density at radius 3 is 2.04 bits per heavy atom. The molecule has 0 spiro atoms. The highest BCUT2D eigenvalue weighted by molar-refractivity contribution is 5.89. The lowest BCUT2D eigenvalue weighted by atomic mass is 9.93. The largest absolute Gasteiger partial charge is 0.496 e. The molecule has 1 aromatic heterocycles. The van der Waals surface area contributed by atoms with Gasteiger partial charge >= 0.3 is 0 Å². The van der Waals surface area contributed by atoms with Gasteiger partial charge in [0.05, 0.1) is 58.5 Å². The van der Waals surface area contributed by atoms with E-state index in [1.807, 2.05) is 30.3 Å². The number of nitro benzene ring substituents is 1. The first-order valence-corrected chi connectivity index (χ1v) is 15.8. The van der Waals surface area contributed by atoms with E-state index in [2.05, 4.69) is 10.6 Å². The van der Waals surface area contributed by atoms with Crippen LogP contribution in [-0.2, 0) is 5.66 Å². The van der Waals surface area contributed by atoms with Gasteiger partial charge in [-0.05, 0) is 43.5 Å². The molecule has 0 radical (unpaired) electrons. The number of benzene rings is 4. The number of nitro groups is 1. The number of para-hydroxylation sites is 2. The zero-order valence-corrected chi connectivity index (χ0v) is 28.3. The van der Waals surface area contributed by atoms with Gasteiger partial charge in [-0.15, -0.1) is 0 Å². The van der Waals surface area contributed by atoms with E-state index in [1.54, 1.807) is 36.4 Å². The van der Waals surface area contributed by atoms with E-state index in [0.29, 0.717) is 47.8 Å². The minimum absolute atomic E-state index is 0.000152. The smallest absolute Gasteiger partial charge is 0.269 e. The Labute approximate surface area is 287 Å². The molecule has 0 fully saturated rings. The summed E-state index contributed by atoms with van der Waals surface area (Å²) in [6.07, 6.45) is 1.70. The molecule has 2 heterocycles. The lowest BCUT2D eigenvalue weighted by Crippen LogP contribution is -2.38. The number of fused-ring (bicyclic) bond motifs is 2. The van der Waals surface area contributed by atoms with Gasteiger partial charge in [-0.2, -0.15) is 0 Å². The molecule has 0 unspecified atom stereocenters. The van der Waals surface area contributed by atoms with Crippen molar-refractivity contribution < 1.29 is 37.8 Å². The Bertz CT molecular complexity index is 2060. The van der Waals surface area contributed by atoms with Crippen LogP contribution in [0.4, 0.5) is 17.1 Å². The predicted molar refractivity (Wildman–Crippen MR) is 188 cm³/mol. The number of ether oxygens (including phenoxy) is 6. The Balaban J connectivity index is 1.33. The number of hydrogen-bond donors (Lipinski definition) is 2. The first-order chi connectivity index (χ1) is 24.2. The number of methoxy groups -OCH3 is 5. The SMILES string of the molecule is COc1cc(OC)c2c(=O)c(OCCCCC3(c4cccc([N+](=O)[O-])c4)Nc4ccccc4N3)c(-c3cc(OC)c(OC)c(OC)c3)oc2c1. The van der Waals surface area contributed by atoms with Crippen LogP contribution in [0, 0.1) is 10.1 Å². The maximum Gasteiger partial charge on any atom is 0.269 e. The summed E-state index contributed by atoms with van der Waals surface area (Å²) >= 11 is 0. The van der Waals surface area contributed by atoms with Crippen molar-refractivity contribution in [3.63, 3.8) is 0 Å². The van der Waals surface area contributed by atoms with E-state index in [9.17, 15) is 14.9 Å². The summed E-state index contributed by atoms with van der Waals surface area (Å²) in [5.74, 6) is 1.95. The third-order valence-electron chi connectivity index (χ3n) is 8.64. The van der Waals surface area contributed by atoms with Crippen molar-refractivity contribution >= 4 is 28.0 Å². The first-order valence-electron chi connectivity index (χ1n) is 15.8. The van der Waals surface area contributed by atoms with Gasteiger partial charge in [0.25, 0.3) is 5.69 Å². The van der Waals surface area contributed by atoms with Gasteiger partial charge < -0.3 is 43.5 Å². The van der Waals surface area contributed by atoms with E-state index in [0.717, 1.165) is 16.9 Å². The standard InChI is InChI=1S/C37H37N3O10/c1-44-25-20-28(45-2)32-29(21-25)50-34(22-17-30(46-3)35(48-5)31(18-22)47-4)36(33(32)41)49-16-9-8-15-37(23-11-10-12-24(19-23)40(42)43)38-26-13-6-7-14-27(26)39-37/h6-7,10-14,17-21,38-39H,8-9,15-16H2,1-5H3. The zero-order chi connectivity index (χ0) is 35.4. The molecule has 0 saturated heterocycles. The van der Waals surface area contributed by atoms with E-state index < -0.39 is 16.0 Å². The monoisotopic (exact) mass is 683 g/mol. The molecule has 0 aliphatic carbocycles. The highest BCUT2D eigenvalue weighted by atomic mass is 16.6. The van der Waals surface area contributed by atoms with Crippen LogP contribution in [0.5, 0.6) is 34.5 Å². The maximum absolute atomic E-state index is 14.2. The molecule has 13 nitrogen and oxygen atoms in total. The minimum Gasteiger partial charge on any atom is -0.496 e. The lowest BCUT2D eigenvalue weighted by molar-refractivity contribution is -0.385. The molecule has 6 rings (SSSR count). The summed E-state index contributed by atoms with van der Waals surface area (Å²) in [6, 6.07) is 20.9. The normalized spacial score (nSPS) is 12.7. The van der Waals surface area contributed by atoms with Crippen molar-refractivity contribution in [1.29, 1.82) is 0 Å². The van der Waals surface area contributed by atoms with Gasteiger partial charge in [-0.3, -0.25) is 14.9 Å². The Kier molecular flexibility index (Phi) is 9.57. The lowest BCUT2D eigenvalue weighted by Gasteiger charge is -2.31. The van der Waals surface area contributed by atoms with Crippen molar-refractivity contribution in [3.05, 3.63) is 98.7 Å². The second-order valence-corrected chi connectivity index (χ2v) is 11.5. The number of non-ortho nitro benzene ring substituents is 1. The van der Waals surface area contributed by atoms with Crippen molar-refractivity contribution in [2.75, 3.05) is 52.8 Å².